The molecular formula is C23H37NO4. The summed E-state index contributed by atoms with van der Waals surface area (Å²) >= 11 is 0. The Hall–Kier alpha value is -1.91. The first kappa shape index (κ1) is 24.1. The summed E-state index contributed by atoms with van der Waals surface area (Å²) in [6.07, 6.45) is 9.27. The van der Waals surface area contributed by atoms with Gasteiger partial charge < -0.3 is 9.47 Å². The van der Waals surface area contributed by atoms with E-state index >= 15 is 0 Å². The molecule has 2 atom stereocenters. The summed E-state index contributed by atoms with van der Waals surface area (Å²) in [6, 6.07) is 4.83. The minimum Gasteiger partial charge on any atom is -0.458 e. The number of pyridine rings is 1. The van der Waals surface area contributed by atoms with Crippen molar-refractivity contribution in [2.75, 3.05) is 0 Å². The van der Waals surface area contributed by atoms with Crippen LogP contribution in [0.3, 0.4) is 0 Å². The van der Waals surface area contributed by atoms with Crippen molar-refractivity contribution in [1.82, 2.24) is 4.98 Å². The molecule has 0 aliphatic heterocycles. The summed E-state index contributed by atoms with van der Waals surface area (Å²) in [7, 11) is 0. The van der Waals surface area contributed by atoms with Gasteiger partial charge in [0.1, 0.15) is 23.6 Å². The number of unbranched alkanes of at least 4 members (excludes halogenated alkanes) is 2. The Bertz CT molecular complexity index is 540. The highest BCUT2D eigenvalue weighted by molar-refractivity contribution is 5.91. The number of ether oxygens (including phenoxy) is 2. The van der Waals surface area contributed by atoms with Crippen LogP contribution in [0.4, 0.5) is 0 Å². The smallest absolute Gasteiger partial charge is 0.357 e. The third-order valence-corrected chi connectivity index (χ3v) is 4.70. The Kier molecular flexibility index (Phi) is 12.2. The van der Waals surface area contributed by atoms with Gasteiger partial charge in [-0.05, 0) is 37.8 Å². The summed E-state index contributed by atoms with van der Waals surface area (Å²) < 4.78 is 11.3. The third kappa shape index (κ3) is 8.85. The number of carbonyl (C=O) groups is 2. The number of aromatic nitrogens is 1. The van der Waals surface area contributed by atoms with E-state index in [1.54, 1.807) is 18.2 Å². The Balaban J connectivity index is 2.77. The highest BCUT2D eigenvalue weighted by Crippen LogP contribution is 2.16. The molecule has 1 heterocycles. The molecule has 0 saturated carbocycles. The highest BCUT2D eigenvalue weighted by Gasteiger charge is 2.20. The topological polar surface area (TPSA) is 65.5 Å². The molecule has 0 amide bonds. The maximum atomic E-state index is 12.5. The van der Waals surface area contributed by atoms with Crippen molar-refractivity contribution in [3.05, 3.63) is 29.6 Å². The minimum absolute atomic E-state index is 0.0992. The molecule has 2 unspecified atom stereocenters. The Morgan fingerprint density at radius 1 is 0.750 bits per heavy atom. The zero-order valence-corrected chi connectivity index (χ0v) is 18.0. The molecule has 1 aromatic rings. The minimum atomic E-state index is -0.472. The predicted molar refractivity (Wildman–Crippen MR) is 112 cm³/mol. The van der Waals surface area contributed by atoms with Gasteiger partial charge in [0.15, 0.2) is 0 Å². The lowest BCUT2D eigenvalue weighted by atomic mass is 10.1. The number of rotatable bonds is 14. The van der Waals surface area contributed by atoms with E-state index in [2.05, 4.69) is 32.7 Å². The van der Waals surface area contributed by atoms with Crippen LogP contribution in [-0.4, -0.2) is 29.1 Å². The fourth-order valence-corrected chi connectivity index (χ4v) is 3.12. The SMILES string of the molecule is CCCCC(CCC)OC(=O)c1cccc(C(=O)OC(CCC)CCCC)n1. The van der Waals surface area contributed by atoms with Crippen molar-refractivity contribution < 1.29 is 19.1 Å². The lowest BCUT2D eigenvalue weighted by molar-refractivity contribution is 0.0240. The zero-order valence-electron chi connectivity index (χ0n) is 18.0. The standard InChI is InChI=1S/C23H37NO4/c1-5-9-14-18(12-7-3)27-22(25)20-16-11-17-21(24-20)23(26)28-19(13-8-4)15-10-6-2/h11,16-19H,5-10,12-15H2,1-4H3. The van der Waals surface area contributed by atoms with Gasteiger partial charge in [-0.2, -0.15) is 0 Å². The Morgan fingerprint density at radius 2 is 1.18 bits per heavy atom. The van der Waals surface area contributed by atoms with Gasteiger partial charge in [0.05, 0.1) is 0 Å². The number of carbonyl (C=O) groups excluding carboxylic acids is 2. The largest absolute Gasteiger partial charge is 0.458 e. The first-order valence-corrected chi connectivity index (χ1v) is 10.9. The third-order valence-electron chi connectivity index (χ3n) is 4.70. The molecule has 0 aliphatic rings. The lowest BCUT2D eigenvalue weighted by Gasteiger charge is -2.18. The van der Waals surface area contributed by atoms with Crippen LogP contribution in [0.15, 0.2) is 18.2 Å². The van der Waals surface area contributed by atoms with Crippen LogP contribution in [0.25, 0.3) is 0 Å². The summed E-state index contributed by atoms with van der Waals surface area (Å²) in [6.45, 7) is 8.39. The molecule has 158 valence electrons. The molecule has 0 N–H and O–H groups in total. The number of hydrogen-bond donors (Lipinski definition) is 0. The second kappa shape index (κ2) is 14.1. The molecule has 0 spiro atoms. The number of nitrogens with zero attached hydrogens (tertiary/aromatic N) is 1. The fraction of sp³-hybridized carbons (Fsp3) is 0.696. The molecule has 0 aromatic carbocycles. The molecule has 0 radical (unpaired) electrons. The van der Waals surface area contributed by atoms with Crippen LogP contribution >= 0.6 is 0 Å². The zero-order chi connectivity index (χ0) is 20.8. The van der Waals surface area contributed by atoms with Crippen LogP contribution in [0, 0.1) is 0 Å². The molecule has 1 aromatic heterocycles. The van der Waals surface area contributed by atoms with E-state index in [-0.39, 0.29) is 23.6 Å². The Morgan fingerprint density at radius 3 is 1.54 bits per heavy atom. The van der Waals surface area contributed by atoms with Gasteiger partial charge in [0.2, 0.25) is 0 Å². The molecule has 0 saturated heterocycles. The predicted octanol–water partition coefficient (Wildman–Crippen LogP) is 6.11. The molecule has 0 bridgehead atoms. The van der Waals surface area contributed by atoms with E-state index in [0.717, 1.165) is 64.2 Å². The quantitative estimate of drug-likeness (QED) is 0.358. The van der Waals surface area contributed by atoms with Crippen molar-refractivity contribution in [3.63, 3.8) is 0 Å². The average Bonchev–Trinajstić information content (AvgIpc) is 2.70. The van der Waals surface area contributed by atoms with E-state index < -0.39 is 11.9 Å². The monoisotopic (exact) mass is 391 g/mol. The summed E-state index contributed by atoms with van der Waals surface area (Å²) in [5.41, 5.74) is 0.320. The van der Waals surface area contributed by atoms with E-state index in [0.29, 0.717) is 0 Å². The highest BCUT2D eigenvalue weighted by atomic mass is 16.5. The Labute approximate surface area is 170 Å². The maximum absolute atomic E-state index is 12.5. The lowest BCUT2D eigenvalue weighted by Crippen LogP contribution is -2.22. The van der Waals surface area contributed by atoms with Crippen molar-refractivity contribution in [3.8, 4) is 0 Å². The second-order valence-corrected chi connectivity index (χ2v) is 7.32. The van der Waals surface area contributed by atoms with Crippen LogP contribution in [0.2, 0.25) is 0 Å². The van der Waals surface area contributed by atoms with Gasteiger partial charge >= 0.3 is 11.9 Å². The van der Waals surface area contributed by atoms with Crippen LogP contribution in [0.1, 0.15) is 113 Å². The van der Waals surface area contributed by atoms with E-state index in [1.165, 1.54) is 0 Å². The fourth-order valence-electron chi connectivity index (χ4n) is 3.12. The normalized spacial score (nSPS) is 13.0. The van der Waals surface area contributed by atoms with E-state index in [9.17, 15) is 9.59 Å². The first-order valence-electron chi connectivity index (χ1n) is 10.9. The first-order chi connectivity index (χ1) is 13.5. The van der Waals surface area contributed by atoms with Crippen molar-refractivity contribution >= 4 is 11.9 Å². The summed E-state index contributed by atoms with van der Waals surface area (Å²) in [5.74, 6) is -0.944. The molecule has 28 heavy (non-hydrogen) atoms. The number of hydrogen-bond acceptors (Lipinski definition) is 5. The van der Waals surface area contributed by atoms with Crippen LogP contribution in [-0.2, 0) is 9.47 Å². The average molecular weight is 392 g/mol. The van der Waals surface area contributed by atoms with Gasteiger partial charge in [-0.1, -0.05) is 72.3 Å². The number of esters is 2. The molecule has 0 aliphatic carbocycles. The van der Waals surface area contributed by atoms with E-state index in [4.69, 9.17) is 9.47 Å². The molecular weight excluding hydrogens is 354 g/mol. The van der Waals surface area contributed by atoms with Crippen LogP contribution < -0.4 is 0 Å². The van der Waals surface area contributed by atoms with E-state index in [1.807, 2.05) is 0 Å². The maximum Gasteiger partial charge on any atom is 0.357 e. The van der Waals surface area contributed by atoms with Gasteiger partial charge in [-0.15, -0.1) is 0 Å². The molecule has 5 heteroatoms. The van der Waals surface area contributed by atoms with Crippen LogP contribution in [0.5, 0.6) is 0 Å². The summed E-state index contributed by atoms with van der Waals surface area (Å²) in [4.78, 5) is 29.2. The van der Waals surface area contributed by atoms with Gasteiger partial charge in [-0.3, -0.25) is 0 Å². The van der Waals surface area contributed by atoms with Gasteiger partial charge in [0, 0.05) is 0 Å². The molecule has 5 nitrogen and oxygen atoms in total. The van der Waals surface area contributed by atoms with Gasteiger partial charge in [0.25, 0.3) is 0 Å². The van der Waals surface area contributed by atoms with Crippen molar-refractivity contribution in [1.29, 1.82) is 0 Å². The van der Waals surface area contributed by atoms with Crippen molar-refractivity contribution in [2.24, 2.45) is 0 Å². The molecule has 0 fully saturated rings. The van der Waals surface area contributed by atoms with Crippen molar-refractivity contribution in [2.45, 2.75) is 104 Å². The molecule has 1 rings (SSSR count). The summed E-state index contributed by atoms with van der Waals surface area (Å²) in [5, 5.41) is 0. The second-order valence-electron chi connectivity index (χ2n) is 7.32. The van der Waals surface area contributed by atoms with Gasteiger partial charge in [-0.25, -0.2) is 14.6 Å².